The van der Waals surface area contributed by atoms with Crippen molar-refractivity contribution in [2.24, 2.45) is 0 Å². The summed E-state index contributed by atoms with van der Waals surface area (Å²) in [6.45, 7) is 7.15. The van der Waals surface area contributed by atoms with Crippen LogP contribution in [0.15, 0.2) is 0 Å². The second-order valence-electron chi connectivity index (χ2n) is 4.12. The van der Waals surface area contributed by atoms with Crippen LogP contribution in [-0.2, 0) is 9.63 Å². The van der Waals surface area contributed by atoms with Gasteiger partial charge in [-0.15, -0.1) is 0 Å². The van der Waals surface area contributed by atoms with Crippen LogP contribution < -0.4 is 16.1 Å². The van der Waals surface area contributed by atoms with Crippen LogP contribution in [0.2, 0.25) is 0 Å². The first-order valence-electron chi connectivity index (χ1n) is 4.72. The van der Waals surface area contributed by atoms with E-state index in [9.17, 15) is 9.59 Å². The van der Waals surface area contributed by atoms with Crippen molar-refractivity contribution in [3.05, 3.63) is 0 Å². The third-order valence-electron chi connectivity index (χ3n) is 1.40. The van der Waals surface area contributed by atoms with Gasteiger partial charge in [-0.2, -0.15) is 5.48 Å². The average Bonchev–Trinajstić information content (AvgIpc) is 2.12. The minimum absolute atomic E-state index is 0.387. The molecule has 0 fully saturated rings. The van der Waals surface area contributed by atoms with Crippen LogP contribution in [0.4, 0.5) is 4.79 Å². The quantitative estimate of drug-likeness (QED) is 0.588. The summed E-state index contributed by atoms with van der Waals surface area (Å²) in [5, 5.41) is 4.42. The highest BCUT2D eigenvalue weighted by atomic mass is 16.7. The number of hydrogen-bond donors (Lipinski definition) is 3. The molecule has 0 saturated heterocycles. The lowest BCUT2D eigenvalue weighted by Crippen LogP contribution is -2.48. The normalized spacial score (nSPS) is 13.1. The maximum Gasteiger partial charge on any atom is 0.321 e. The van der Waals surface area contributed by atoms with Gasteiger partial charge in [0.05, 0.1) is 5.60 Å². The molecule has 1 atom stereocenters. The van der Waals surface area contributed by atoms with Gasteiger partial charge in [0.15, 0.2) is 0 Å². The summed E-state index contributed by atoms with van der Waals surface area (Å²) < 4.78 is 0. The Bertz CT molecular complexity index is 235. The van der Waals surface area contributed by atoms with Crippen molar-refractivity contribution in [3.63, 3.8) is 0 Å². The van der Waals surface area contributed by atoms with E-state index in [4.69, 9.17) is 4.84 Å². The molecule has 0 aromatic rings. The molecule has 0 saturated carbocycles. The number of hydrogen-bond acceptors (Lipinski definition) is 4. The van der Waals surface area contributed by atoms with Crippen molar-refractivity contribution in [2.45, 2.75) is 39.3 Å². The molecule has 3 amide bonds. The fourth-order valence-corrected chi connectivity index (χ4v) is 0.601. The van der Waals surface area contributed by atoms with Gasteiger partial charge in [0.1, 0.15) is 6.04 Å². The van der Waals surface area contributed by atoms with Crippen LogP contribution >= 0.6 is 0 Å². The zero-order chi connectivity index (χ0) is 12.1. The maximum atomic E-state index is 11.3. The summed E-state index contributed by atoms with van der Waals surface area (Å²) in [5.74, 6) is -0.446. The molecule has 0 aromatic carbocycles. The number of hydroxylamine groups is 1. The van der Waals surface area contributed by atoms with Crippen LogP contribution in [0.1, 0.15) is 27.7 Å². The lowest BCUT2D eigenvalue weighted by Gasteiger charge is -2.22. The Morgan fingerprint density at radius 1 is 1.27 bits per heavy atom. The lowest BCUT2D eigenvalue weighted by molar-refractivity contribution is -0.132. The molecule has 15 heavy (non-hydrogen) atoms. The highest BCUT2D eigenvalue weighted by Gasteiger charge is 2.18. The molecule has 0 aliphatic carbocycles. The standard InChI is InChI=1S/C9H19N3O3/c1-6(12-15-9(2,3)4)7(13)11-8(14)10-5/h6,12H,1-5H3,(H2,10,11,13,14). The van der Waals surface area contributed by atoms with Gasteiger partial charge in [0.25, 0.3) is 0 Å². The van der Waals surface area contributed by atoms with Crippen molar-refractivity contribution in [3.8, 4) is 0 Å². The van der Waals surface area contributed by atoms with Crippen LogP contribution in [-0.4, -0.2) is 30.6 Å². The van der Waals surface area contributed by atoms with Gasteiger partial charge in [-0.1, -0.05) is 0 Å². The van der Waals surface area contributed by atoms with Gasteiger partial charge < -0.3 is 5.32 Å². The predicted molar refractivity (Wildman–Crippen MR) is 56.0 cm³/mol. The Hall–Kier alpha value is -1.14. The zero-order valence-electron chi connectivity index (χ0n) is 9.80. The topological polar surface area (TPSA) is 79.5 Å². The fraction of sp³-hybridized carbons (Fsp3) is 0.778. The molecule has 1 unspecified atom stereocenters. The highest BCUT2D eigenvalue weighted by Crippen LogP contribution is 2.04. The van der Waals surface area contributed by atoms with Crippen molar-refractivity contribution >= 4 is 11.9 Å². The Kier molecular flexibility index (Phi) is 5.24. The van der Waals surface area contributed by atoms with E-state index in [1.807, 2.05) is 20.8 Å². The van der Waals surface area contributed by atoms with Crippen LogP contribution in [0.25, 0.3) is 0 Å². The maximum absolute atomic E-state index is 11.3. The van der Waals surface area contributed by atoms with E-state index in [2.05, 4.69) is 16.1 Å². The average molecular weight is 217 g/mol. The molecule has 3 N–H and O–H groups in total. The number of amides is 3. The Morgan fingerprint density at radius 2 is 1.80 bits per heavy atom. The van der Waals surface area contributed by atoms with E-state index >= 15 is 0 Å². The van der Waals surface area contributed by atoms with E-state index in [1.165, 1.54) is 7.05 Å². The minimum Gasteiger partial charge on any atom is -0.341 e. The molecule has 0 aromatic heterocycles. The zero-order valence-corrected chi connectivity index (χ0v) is 9.80. The van der Waals surface area contributed by atoms with Gasteiger partial charge in [-0.3, -0.25) is 14.9 Å². The fourth-order valence-electron chi connectivity index (χ4n) is 0.601. The molecular formula is C9H19N3O3. The first-order chi connectivity index (χ1) is 6.76. The van der Waals surface area contributed by atoms with Gasteiger partial charge in [0, 0.05) is 7.05 Å². The molecule has 0 rings (SSSR count). The van der Waals surface area contributed by atoms with Gasteiger partial charge in [-0.25, -0.2) is 4.79 Å². The van der Waals surface area contributed by atoms with Crippen molar-refractivity contribution in [1.29, 1.82) is 0 Å². The summed E-state index contributed by atoms with van der Waals surface area (Å²) in [4.78, 5) is 27.3. The summed E-state index contributed by atoms with van der Waals surface area (Å²) in [6, 6.07) is -1.13. The molecule has 0 heterocycles. The number of nitrogens with one attached hydrogen (secondary N) is 3. The second-order valence-corrected chi connectivity index (χ2v) is 4.12. The number of carbonyl (C=O) groups excluding carboxylic acids is 2. The first kappa shape index (κ1) is 13.9. The summed E-state index contributed by atoms with van der Waals surface area (Å²) >= 11 is 0. The van der Waals surface area contributed by atoms with Crippen LogP contribution in [0.5, 0.6) is 0 Å². The molecule has 0 bridgehead atoms. The van der Waals surface area contributed by atoms with Crippen molar-refractivity contribution < 1.29 is 14.4 Å². The molecular weight excluding hydrogens is 198 g/mol. The Labute approximate surface area is 89.7 Å². The monoisotopic (exact) mass is 217 g/mol. The van der Waals surface area contributed by atoms with Gasteiger partial charge >= 0.3 is 6.03 Å². The van der Waals surface area contributed by atoms with Crippen molar-refractivity contribution in [2.75, 3.05) is 7.05 Å². The molecule has 88 valence electrons. The highest BCUT2D eigenvalue weighted by molar-refractivity contribution is 5.96. The number of rotatable bonds is 3. The van der Waals surface area contributed by atoms with Crippen LogP contribution in [0, 0.1) is 0 Å². The molecule has 0 radical (unpaired) electrons. The molecule has 0 aliphatic rings. The number of urea groups is 1. The van der Waals surface area contributed by atoms with E-state index in [0.717, 1.165) is 0 Å². The first-order valence-corrected chi connectivity index (χ1v) is 4.72. The summed E-state index contributed by atoms with van der Waals surface area (Å²) in [7, 11) is 1.44. The largest absolute Gasteiger partial charge is 0.341 e. The SMILES string of the molecule is CNC(=O)NC(=O)C(C)NOC(C)(C)C. The summed E-state index contributed by atoms with van der Waals surface area (Å²) in [5.41, 5.74) is 2.17. The predicted octanol–water partition coefficient (Wildman–Crippen LogP) is 0.150. The molecule has 0 spiro atoms. The third kappa shape index (κ3) is 6.87. The van der Waals surface area contributed by atoms with Gasteiger partial charge in [-0.05, 0) is 27.7 Å². The van der Waals surface area contributed by atoms with Crippen LogP contribution in [0.3, 0.4) is 0 Å². The molecule has 6 heteroatoms. The van der Waals surface area contributed by atoms with Gasteiger partial charge in [0.2, 0.25) is 5.91 Å². The Morgan fingerprint density at radius 3 is 2.20 bits per heavy atom. The lowest BCUT2D eigenvalue weighted by atomic mass is 10.2. The van der Waals surface area contributed by atoms with E-state index < -0.39 is 18.0 Å². The summed E-state index contributed by atoms with van der Waals surface area (Å²) in [6.07, 6.45) is 0. The smallest absolute Gasteiger partial charge is 0.321 e. The van der Waals surface area contributed by atoms with E-state index in [0.29, 0.717) is 0 Å². The third-order valence-corrected chi connectivity index (χ3v) is 1.40. The van der Waals surface area contributed by atoms with E-state index in [-0.39, 0.29) is 5.60 Å². The minimum atomic E-state index is -0.596. The van der Waals surface area contributed by atoms with E-state index in [1.54, 1.807) is 6.92 Å². The Balaban J connectivity index is 3.95. The molecule has 0 aliphatic heterocycles. The second kappa shape index (κ2) is 5.67. The number of imide groups is 1. The van der Waals surface area contributed by atoms with Crippen molar-refractivity contribution in [1.82, 2.24) is 16.1 Å². The molecule has 6 nitrogen and oxygen atoms in total. The number of carbonyl (C=O) groups is 2.